The second-order valence-electron chi connectivity index (χ2n) is 4.04. The molecule has 0 aliphatic heterocycles. The van der Waals surface area contributed by atoms with Crippen LogP contribution in [0.3, 0.4) is 0 Å². The van der Waals surface area contributed by atoms with Gasteiger partial charge in [0.25, 0.3) is 0 Å². The Balaban J connectivity index is 1.92. The summed E-state index contributed by atoms with van der Waals surface area (Å²) in [6, 6.07) is 6.23. The van der Waals surface area contributed by atoms with Gasteiger partial charge in [0.05, 0.1) is 6.61 Å². The number of hydrogen-bond donors (Lipinski definition) is 1. The fourth-order valence-electron chi connectivity index (χ4n) is 1.67. The van der Waals surface area contributed by atoms with Gasteiger partial charge in [0.1, 0.15) is 5.75 Å². The van der Waals surface area contributed by atoms with Crippen molar-refractivity contribution in [2.75, 3.05) is 6.61 Å². The van der Waals surface area contributed by atoms with E-state index >= 15 is 0 Å². The highest BCUT2D eigenvalue weighted by atomic mass is 32.1. The predicted octanol–water partition coefficient (Wildman–Crippen LogP) is 4.04. The number of aromatic amines is 1. The quantitative estimate of drug-likeness (QED) is 0.844. The Bertz CT molecular complexity index is 557. The number of ether oxygens (including phenoxy) is 1. The molecular weight excluding hydrogens is 250 g/mol. The molecule has 1 N–H and O–H groups in total. The number of H-pyrrole nitrogens is 1. The summed E-state index contributed by atoms with van der Waals surface area (Å²) >= 11 is 6.59. The van der Waals surface area contributed by atoms with Crippen molar-refractivity contribution in [2.45, 2.75) is 20.3 Å². The van der Waals surface area contributed by atoms with E-state index in [9.17, 15) is 0 Å². The summed E-state index contributed by atoms with van der Waals surface area (Å²) in [6.07, 6.45) is 0.862. The van der Waals surface area contributed by atoms with Crippen molar-refractivity contribution in [2.24, 2.45) is 0 Å². The van der Waals surface area contributed by atoms with Crippen molar-refractivity contribution in [1.82, 2.24) is 4.98 Å². The molecule has 17 heavy (non-hydrogen) atoms. The van der Waals surface area contributed by atoms with Crippen LogP contribution in [0.5, 0.6) is 5.75 Å². The lowest BCUT2D eigenvalue weighted by Gasteiger charge is -2.08. The zero-order valence-electron chi connectivity index (χ0n) is 9.95. The van der Waals surface area contributed by atoms with Gasteiger partial charge in [-0.2, -0.15) is 0 Å². The standard InChI is InChI=1S/C13H15NOS2/c1-9-3-4-12(10(2)7-9)15-6-5-11-8-17-13(16)14-11/h3-4,7-8H,5-6H2,1-2H3,(H,14,16). The molecule has 0 amide bonds. The molecule has 2 rings (SSSR count). The molecule has 0 aliphatic carbocycles. The highest BCUT2D eigenvalue weighted by Gasteiger charge is 2.00. The maximum absolute atomic E-state index is 5.76. The third kappa shape index (κ3) is 3.41. The average molecular weight is 265 g/mol. The third-order valence-corrected chi connectivity index (χ3v) is 3.64. The Hall–Kier alpha value is -1.13. The molecule has 0 bridgehead atoms. The van der Waals surface area contributed by atoms with Crippen LogP contribution in [0, 0.1) is 17.8 Å². The number of hydrogen-bond acceptors (Lipinski definition) is 3. The lowest BCUT2D eigenvalue weighted by atomic mass is 10.1. The summed E-state index contributed by atoms with van der Waals surface area (Å²) in [5, 5.41) is 2.05. The van der Waals surface area contributed by atoms with Gasteiger partial charge >= 0.3 is 0 Å². The van der Waals surface area contributed by atoms with E-state index < -0.39 is 0 Å². The molecule has 0 saturated heterocycles. The molecule has 1 heterocycles. The normalized spacial score (nSPS) is 10.5. The fraction of sp³-hybridized carbons (Fsp3) is 0.308. The second-order valence-corrected chi connectivity index (χ2v) is 5.59. The largest absolute Gasteiger partial charge is 0.493 e. The first-order valence-electron chi connectivity index (χ1n) is 5.52. The van der Waals surface area contributed by atoms with E-state index in [1.165, 1.54) is 11.1 Å². The van der Waals surface area contributed by atoms with Crippen LogP contribution in [-0.4, -0.2) is 11.6 Å². The summed E-state index contributed by atoms with van der Waals surface area (Å²) in [4.78, 5) is 3.14. The summed E-state index contributed by atoms with van der Waals surface area (Å²) in [5.41, 5.74) is 3.59. The Morgan fingerprint density at radius 2 is 2.18 bits per heavy atom. The third-order valence-electron chi connectivity index (χ3n) is 2.53. The van der Waals surface area contributed by atoms with Gasteiger partial charge in [-0.3, -0.25) is 0 Å². The molecule has 0 unspecified atom stereocenters. The van der Waals surface area contributed by atoms with E-state index in [1.54, 1.807) is 11.3 Å². The maximum atomic E-state index is 5.76. The summed E-state index contributed by atoms with van der Waals surface area (Å²) in [7, 11) is 0. The molecule has 0 fully saturated rings. The average Bonchev–Trinajstić information content (AvgIpc) is 2.68. The SMILES string of the molecule is Cc1ccc(OCCc2csc(=S)[nH]2)c(C)c1. The Labute approximate surface area is 110 Å². The maximum Gasteiger partial charge on any atom is 0.158 e. The predicted molar refractivity (Wildman–Crippen MR) is 74.6 cm³/mol. The van der Waals surface area contributed by atoms with E-state index in [1.807, 2.05) is 11.4 Å². The van der Waals surface area contributed by atoms with Crippen molar-refractivity contribution >= 4 is 23.6 Å². The molecule has 0 aliphatic rings. The first kappa shape index (κ1) is 12.3. The van der Waals surface area contributed by atoms with Crippen molar-refractivity contribution in [3.63, 3.8) is 0 Å². The lowest BCUT2D eigenvalue weighted by Crippen LogP contribution is -2.02. The van der Waals surface area contributed by atoms with E-state index in [-0.39, 0.29) is 0 Å². The fourth-order valence-corrected chi connectivity index (χ4v) is 2.56. The highest BCUT2D eigenvalue weighted by molar-refractivity contribution is 7.73. The molecule has 4 heteroatoms. The summed E-state index contributed by atoms with van der Waals surface area (Å²) < 4.78 is 6.58. The van der Waals surface area contributed by atoms with Crippen LogP contribution >= 0.6 is 23.6 Å². The number of benzene rings is 1. The van der Waals surface area contributed by atoms with E-state index in [0.29, 0.717) is 6.61 Å². The minimum absolute atomic E-state index is 0.673. The van der Waals surface area contributed by atoms with Crippen molar-refractivity contribution in [3.8, 4) is 5.75 Å². The van der Waals surface area contributed by atoms with Gasteiger partial charge in [-0.25, -0.2) is 0 Å². The summed E-state index contributed by atoms with van der Waals surface area (Å²) in [5.74, 6) is 0.962. The van der Waals surface area contributed by atoms with Gasteiger partial charge in [0.15, 0.2) is 3.95 Å². The Morgan fingerprint density at radius 1 is 1.35 bits per heavy atom. The van der Waals surface area contributed by atoms with E-state index in [2.05, 4.69) is 31.0 Å². The number of rotatable bonds is 4. The zero-order valence-corrected chi connectivity index (χ0v) is 11.6. The zero-order chi connectivity index (χ0) is 12.3. The molecule has 2 aromatic rings. The van der Waals surface area contributed by atoms with Gasteiger partial charge in [-0.05, 0) is 37.7 Å². The monoisotopic (exact) mass is 265 g/mol. The Morgan fingerprint density at radius 3 is 2.82 bits per heavy atom. The van der Waals surface area contributed by atoms with Crippen molar-refractivity contribution < 1.29 is 4.74 Å². The van der Waals surface area contributed by atoms with Crippen LogP contribution in [0.25, 0.3) is 0 Å². The molecule has 90 valence electrons. The van der Waals surface area contributed by atoms with Gasteiger partial charge in [-0.1, -0.05) is 17.7 Å². The molecule has 0 radical (unpaired) electrons. The van der Waals surface area contributed by atoms with Gasteiger partial charge in [0.2, 0.25) is 0 Å². The number of thiazole rings is 1. The molecule has 0 atom stereocenters. The molecule has 2 nitrogen and oxygen atoms in total. The molecular formula is C13H15NOS2. The number of nitrogens with one attached hydrogen (secondary N) is 1. The lowest BCUT2D eigenvalue weighted by molar-refractivity contribution is 0.318. The molecule has 1 aromatic carbocycles. The van der Waals surface area contributed by atoms with Gasteiger partial charge in [0, 0.05) is 17.5 Å². The van der Waals surface area contributed by atoms with E-state index in [4.69, 9.17) is 17.0 Å². The van der Waals surface area contributed by atoms with Crippen LogP contribution in [0.4, 0.5) is 0 Å². The first-order chi connectivity index (χ1) is 8.15. The van der Waals surface area contributed by atoms with Crippen LogP contribution in [0.15, 0.2) is 23.6 Å². The molecule has 0 spiro atoms. The minimum Gasteiger partial charge on any atom is -0.493 e. The van der Waals surface area contributed by atoms with Crippen LogP contribution in [0.2, 0.25) is 0 Å². The second kappa shape index (κ2) is 5.47. The summed E-state index contributed by atoms with van der Waals surface area (Å²) in [6.45, 7) is 4.83. The first-order valence-corrected chi connectivity index (χ1v) is 6.80. The smallest absolute Gasteiger partial charge is 0.158 e. The van der Waals surface area contributed by atoms with Crippen LogP contribution < -0.4 is 4.74 Å². The number of aromatic nitrogens is 1. The number of aryl methyl sites for hydroxylation is 2. The topological polar surface area (TPSA) is 25.0 Å². The van der Waals surface area contributed by atoms with E-state index in [0.717, 1.165) is 21.8 Å². The molecule has 0 saturated carbocycles. The van der Waals surface area contributed by atoms with Crippen LogP contribution in [-0.2, 0) is 6.42 Å². The van der Waals surface area contributed by atoms with Crippen LogP contribution in [0.1, 0.15) is 16.8 Å². The Kier molecular flexibility index (Phi) is 3.97. The van der Waals surface area contributed by atoms with Gasteiger partial charge < -0.3 is 9.72 Å². The van der Waals surface area contributed by atoms with Crippen molar-refractivity contribution in [3.05, 3.63) is 44.4 Å². The highest BCUT2D eigenvalue weighted by Crippen LogP contribution is 2.18. The van der Waals surface area contributed by atoms with Crippen molar-refractivity contribution in [1.29, 1.82) is 0 Å². The minimum atomic E-state index is 0.673. The molecule has 1 aromatic heterocycles. The van der Waals surface area contributed by atoms with Gasteiger partial charge in [-0.15, -0.1) is 11.3 Å².